The summed E-state index contributed by atoms with van der Waals surface area (Å²) >= 11 is 0. The highest BCUT2D eigenvalue weighted by atomic mass is 32.2. The molecule has 0 saturated heterocycles. The zero-order chi connectivity index (χ0) is 31.7. The summed E-state index contributed by atoms with van der Waals surface area (Å²) in [6.45, 7) is 9.09. The number of rotatable bonds is 14. The number of methoxy groups -OCH3 is 2. The van der Waals surface area contributed by atoms with Crippen LogP contribution in [0.15, 0.2) is 71.6 Å². The fourth-order valence-corrected chi connectivity index (χ4v) is 6.28. The van der Waals surface area contributed by atoms with E-state index in [2.05, 4.69) is 5.32 Å². The second kappa shape index (κ2) is 14.9. The largest absolute Gasteiger partial charge is 0.493 e. The molecule has 2 atom stereocenters. The van der Waals surface area contributed by atoms with Gasteiger partial charge in [0.05, 0.1) is 24.8 Å². The van der Waals surface area contributed by atoms with E-state index in [1.54, 1.807) is 12.1 Å². The van der Waals surface area contributed by atoms with E-state index in [1.165, 1.54) is 37.3 Å². The number of ether oxygens (including phenoxy) is 2. The van der Waals surface area contributed by atoms with Crippen molar-refractivity contribution in [2.75, 3.05) is 25.1 Å². The van der Waals surface area contributed by atoms with Crippen molar-refractivity contribution in [2.45, 2.75) is 71.0 Å². The van der Waals surface area contributed by atoms with Crippen LogP contribution in [0.4, 0.5) is 5.69 Å². The van der Waals surface area contributed by atoms with Crippen LogP contribution in [0.5, 0.6) is 11.5 Å². The van der Waals surface area contributed by atoms with Crippen LogP contribution in [0.2, 0.25) is 0 Å². The number of carbonyl (C=O) groups is 2. The van der Waals surface area contributed by atoms with Crippen LogP contribution in [0.3, 0.4) is 0 Å². The molecule has 232 valence electrons. The molecule has 0 aliphatic heterocycles. The SMILES string of the molecule is CC[C@H](C)NC(=O)[C@H](CC)N(Cc1ccccc1)C(=O)CN(c1cc(C)cc(C)c1)S(=O)(=O)c1ccc(OC)c(OC)c1. The summed E-state index contributed by atoms with van der Waals surface area (Å²) in [7, 11) is -1.38. The van der Waals surface area contributed by atoms with Crippen LogP contribution in [-0.2, 0) is 26.2 Å². The molecule has 3 aromatic carbocycles. The van der Waals surface area contributed by atoms with Gasteiger partial charge in [0.1, 0.15) is 12.6 Å². The van der Waals surface area contributed by atoms with Gasteiger partial charge < -0.3 is 19.7 Å². The van der Waals surface area contributed by atoms with E-state index >= 15 is 0 Å². The lowest BCUT2D eigenvalue weighted by molar-refractivity contribution is -0.140. The van der Waals surface area contributed by atoms with E-state index < -0.39 is 28.5 Å². The molecule has 0 aliphatic carbocycles. The fraction of sp³-hybridized carbons (Fsp3) is 0.394. The molecule has 0 radical (unpaired) electrons. The van der Waals surface area contributed by atoms with Crippen molar-refractivity contribution in [3.63, 3.8) is 0 Å². The number of hydrogen-bond donors (Lipinski definition) is 1. The molecule has 0 spiro atoms. The number of aryl methyl sites for hydroxylation is 2. The third-order valence-corrected chi connectivity index (χ3v) is 9.07. The fourth-order valence-electron chi connectivity index (χ4n) is 4.87. The zero-order valence-electron chi connectivity index (χ0n) is 26.1. The van der Waals surface area contributed by atoms with E-state index in [9.17, 15) is 18.0 Å². The average Bonchev–Trinajstić information content (AvgIpc) is 2.98. The van der Waals surface area contributed by atoms with Crippen LogP contribution in [-0.4, -0.2) is 58.0 Å². The van der Waals surface area contributed by atoms with Gasteiger partial charge in [-0.15, -0.1) is 0 Å². The second-order valence-corrected chi connectivity index (χ2v) is 12.5. The molecule has 0 unspecified atom stereocenters. The molecule has 0 saturated carbocycles. The Morgan fingerprint density at radius 3 is 2.05 bits per heavy atom. The molecule has 0 aromatic heterocycles. The highest BCUT2D eigenvalue weighted by Gasteiger charge is 2.34. The molecular formula is C33H43N3O6S. The van der Waals surface area contributed by atoms with Gasteiger partial charge in [-0.2, -0.15) is 0 Å². The lowest BCUT2D eigenvalue weighted by Gasteiger charge is -2.34. The number of nitrogens with zero attached hydrogens (tertiary/aromatic N) is 2. The molecule has 10 heteroatoms. The Bertz CT molecular complexity index is 1490. The maximum Gasteiger partial charge on any atom is 0.264 e. The lowest BCUT2D eigenvalue weighted by atomic mass is 10.1. The van der Waals surface area contributed by atoms with Crippen molar-refractivity contribution in [3.8, 4) is 11.5 Å². The predicted octanol–water partition coefficient (Wildman–Crippen LogP) is 5.24. The molecule has 0 heterocycles. The third kappa shape index (κ3) is 8.28. The summed E-state index contributed by atoms with van der Waals surface area (Å²) in [6.07, 6.45) is 1.09. The minimum Gasteiger partial charge on any atom is -0.493 e. The molecular weight excluding hydrogens is 566 g/mol. The van der Waals surface area contributed by atoms with Crippen molar-refractivity contribution in [1.29, 1.82) is 0 Å². The van der Waals surface area contributed by atoms with E-state index in [-0.39, 0.29) is 29.1 Å². The van der Waals surface area contributed by atoms with Crippen LogP contribution >= 0.6 is 0 Å². The van der Waals surface area contributed by atoms with Crippen molar-refractivity contribution < 1.29 is 27.5 Å². The molecule has 3 rings (SSSR count). The Morgan fingerprint density at radius 1 is 0.860 bits per heavy atom. The van der Waals surface area contributed by atoms with Crippen LogP contribution in [0, 0.1) is 13.8 Å². The van der Waals surface area contributed by atoms with Gasteiger partial charge in [0, 0.05) is 18.7 Å². The van der Waals surface area contributed by atoms with Gasteiger partial charge in [0.2, 0.25) is 11.8 Å². The van der Waals surface area contributed by atoms with Crippen LogP contribution < -0.4 is 19.1 Å². The maximum atomic E-state index is 14.3. The summed E-state index contributed by atoms with van der Waals surface area (Å²) in [4.78, 5) is 29.1. The Hall–Kier alpha value is -4.05. The Morgan fingerprint density at radius 2 is 1.49 bits per heavy atom. The number of carbonyl (C=O) groups excluding carboxylic acids is 2. The minimum absolute atomic E-state index is 0.0618. The summed E-state index contributed by atoms with van der Waals surface area (Å²) in [5.41, 5.74) is 2.86. The first-order valence-electron chi connectivity index (χ1n) is 14.4. The van der Waals surface area contributed by atoms with Crippen LogP contribution in [0.25, 0.3) is 0 Å². The Labute approximate surface area is 255 Å². The molecule has 2 amide bonds. The number of nitrogens with one attached hydrogen (secondary N) is 1. The first-order chi connectivity index (χ1) is 20.4. The maximum absolute atomic E-state index is 14.3. The van der Waals surface area contributed by atoms with Gasteiger partial charge in [-0.1, -0.05) is 50.2 Å². The van der Waals surface area contributed by atoms with Gasteiger partial charge in [-0.05, 0) is 74.6 Å². The van der Waals surface area contributed by atoms with Gasteiger partial charge in [-0.25, -0.2) is 8.42 Å². The monoisotopic (exact) mass is 609 g/mol. The summed E-state index contributed by atoms with van der Waals surface area (Å²) in [5, 5.41) is 2.99. The van der Waals surface area contributed by atoms with Gasteiger partial charge in [0.25, 0.3) is 10.0 Å². The first-order valence-corrected chi connectivity index (χ1v) is 15.9. The molecule has 9 nitrogen and oxygen atoms in total. The Kier molecular flexibility index (Phi) is 11.6. The predicted molar refractivity (Wildman–Crippen MR) is 169 cm³/mol. The van der Waals surface area contributed by atoms with Gasteiger partial charge in [-0.3, -0.25) is 13.9 Å². The molecule has 43 heavy (non-hydrogen) atoms. The second-order valence-electron chi connectivity index (χ2n) is 10.6. The van der Waals surface area contributed by atoms with E-state index in [0.29, 0.717) is 17.9 Å². The lowest BCUT2D eigenvalue weighted by Crippen LogP contribution is -2.53. The normalized spacial score (nSPS) is 12.6. The smallest absolute Gasteiger partial charge is 0.264 e. The summed E-state index contributed by atoms with van der Waals surface area (Å²) in [5.74, 6) is -0.156. The van der Waals surface area contributed by atoms with E-state index in [0.717, 1.165) is 27.4 Å². The summed E-state index contributed by atoms with van der Waals surface area (Å²) < 4.78 is 40.3. The summed E-state index contributed by atoms with van der Waals surface area (Å²) in [6, 6.07) is 18.2. The van der Waals surface area contributed by atoms with Crippen molar-refractivity contribution in [1.82, 2.24) is 10.2 Å². The average molecular weight is 610 g/mol. The molecule has 0 aliphatic rings. The van der Waals surface area contributed by atoms with Crippen molar-refractivity contribution >= 4 is 27.5 Å². The number of hydrogen-bond acceptors (Lipinski definition) is 6. The van der Waals surface area contributed by atoms with Crippen molar-refractivity contribution in [3.05, 3.63) is 83.4 Å². The minimum atomic E-state index is -4.27. The zero-order valence-corrected chi connectivity index (χ0v) is 26.9. The highest BCUT2D eigenvalue weighted by Crippen LogP contribution is 2.33. The van der Waals surface area contributed by atoms with E-state index in [1.807, 2.05) is 71.0 Å². The number of amides is 2. The number of benzene rings is 3. The molecule has 0 bridgehead atoms. The number of anilines is 1. The molecule has 1 N–H and O–H groups in total. The van der Waals surface area contributed by atoms with E-state index in [4.69, 9.17) is 9.47 Å². The Balaban J connectivity index is 2.12. The first kappa shape index (κ1) is 33.5. The third-order valence-electron chi connectivity index (χ3n) is 7.30. The topological polar surface area (TPSA) is 105 Å². The molecule has 3 aromatic rings. The number of sulfonamides is 1. The van der Waals surface area contributed by atoms with Gasteiger partial charge in [0.15, 0.2) is 11.5 Å². The quantitative estimate of drug-likeness (QED) is 0.268. The molecule has 0 fully saturated rings. The standard InChI is InChI=1S/C33H43N3O6S/c1-8-25(5)34-33(38)29(9-2)35(21-26-13-11-10-12-14-26)32(37)22-36(27-18-23(3)17-24(4)19-27)43(39,40)28-15-16-30(41-6)31(20-28)42-7/h10-20,25,29H,8-9,21-22H2,1-7H3,(H,34,38)/t25-,29-/m0/s1. The highest BCUT2D eigenvalue weighted by molar-refractivity contribution is 7.92. The van der Waals surface area contributed by atoms with Crippen LogP contribution in [0.1, 0.15) is 50.3 Å². The van der Waals surface area contributed by atoms with Crippen molar-refractivity contribution in [2.24, 2.45) is 0 Å². The van der Waals surface area contributed by atoms with Gasteiger partial charge >= 0.3 is 0 Å².